The first-order chi connectivity index (χ1) is 9.58. The van der Waals surface area contributed by atoms with Gasteiger partial charge < -0.3 is 19.7 Å². The van der Waals surface area contributed by atoms with Crippen LogP contribution in [0.5, 0.6) is 5.75 Å². The summed E-state index contributed by atoms with van der Waals surface area (Å²) in [4.78, 5) is 22.9. The third kappa shape index (κ3) is 4.74. The Morgan fingerprint density at radius 2 is 1.90 bits per heavy atom. The molecule has 0 radical (unpaired) electrons. The van der Waals surface area contributed by atoms with Crippen LogP contribution in [0, 0.1) is 0 Å². The number of benzene rings is 1. The van der Waals surface area contributed by atoms with Gasteiger partial charge in [-0.2, -0.15) is 0 Å². The number of carbonyl (C=O) groups is 2. The standard InChI is InChI=1S/C14H16O6/c1-2-19-14(18)13(17)9-12(16)10-3-5-11(6-4-10)20-8-7-15/h3-6,9,15,17H,2,7-8H2,1H3. The van der Waals surface area contributed by atoms with Crippen LogP contribution >= 0.6 is 0 Å². The smallest absolute Gasteiger partial charge is 0.373 e. The molecule has 1 aromatic carbocycles. The lowest BCUT2D eigenvalue weighted by Crippen LogP contribution is -2.09. The molecule has 0 aliphatic heterocycles. The van der Waals surface area contributed by atoms with Gasteiger partial charge in [-0.15, -0.1) is 0 Å². The second-order valence-corrected chi connectivity index (χ2v) is 3.71. The minimum absolute atomic E-state index is 0.100. The normalized spacial score (nSPS) is 11.0. The van der Waals surface area contributed by atoms with Crippen LogP contribution in [0.15, 0.2) is 36.1 Å². The molecule has 0 amide bonds. The van der Waals surface area contributed by atoms with E-state index >= 15 is 0 Å². The van der Waals surface area contributed by atoms with Gasteiger partial charge in [-0.05, 0) is 31.2 Å². The summed E-state index contributed by atoms with van der Waals surface area (Å²) in [5, 5.41) is 18.0. The molecule has 0 bridgehead atoms. The molecule has 1 aromatic rings. The Morgan fingerprint density at radius 3 is 2.45 bits per heavy atom. The molecule has 0 aromatic heterocycles. The number of aliphatic hydroxyl groups excluding tert-OH is 2. The van der Waals surface area contributed by atoms with E-state index in [2.05, 4.69) is 4.74 Å². The van der Waals surface area contributed by atoms with Crippen molar-refractivity contribution in [1.82, 2.24) is 0 Å². The van der Waals surface area contributed by atoms with Crippen LogP contribution in [0.1, 0.15) is 17.3 Å². The minimum Gasteiger partial charge on any atom is -0.502 e. The summed E-state index contributed by atoms with van der Waals surface area (Å²) in [6.07, 6.45) is 0.807. The predicted octanol–water partition coefficient (Wildman–Crippen LogP) is 1.25. The predicted molar refractivity (Wildman–Crippen MR) is 70.7 cm³/mol. The topological polar surface area (TPSA) is 93.1 Å². The molecule has 0 saturated carbocycles. The molecule has 0 unspecified atom stereocenters. The molecule has 0 aliphatic carbocycles. The van der Waals surface area contributed by atoms with Gasteiger partial charge in [-0.3, -0.25) is 4.79 Å². The molecule has 20 heavy (non-hydrogen) atoms. The summed E-state index contributed by atoms with van der Waals surface area (Å²) in [6, 6.07) is 6.09. The number of aliphatic hydroxyl groups is 2. The first-order valence-electron chi connectivity index (χ1n) is 6.04. The van der Waals surface area contributed by atoms with Gasteiger partial charge in [0.15, 0.2) is 5.78 Å². The van der Waals surface area contributed by atoms with Gasteiger partial charge in [0.1, 0.15) is 12.4 Å². The van der Waals surface area contributed by atoms with Crippen LogP contribution in [0.3, 0.4) is 0 Å². The summed E-state index contributed by atoms with van der Waals surface area (Å²) in [5.41, 5.74) is 0.289. The van der Waals surface area contributed by atoms with Crippen LogP contribution < -0.4 is 4.74 Å². The maximum absolute atomic E-state index is 11.8. The molecule has 0 atom stereocenters. The Kier molecular flexibility index (Phi) is 6.25. The van der Waals surface area contributed by atoms with Gasteiger partial charge in [-0.25, -0.2) is 4.79 Å². The Hall–Kier alpha value is -2.34. The fourth-order valence-corrected chi connectivity index (χ4v) is 1.35. The fourth-order valence-electron chi connectivity index (χ4n) is 1.35. The number of allylic oxidation sites excluding steroid dienone is 1. The second-order valence-electron chi connectivity index (χ2n) is 3.71. The lowest BCUT2D eigenvalue weighted by Gasteiger charge is -2.04. The lowest BCUT2D eigenvalue weighted by molar-refractivity contribution is -0.141. The van der Waals surface area contributed by atoms with Crippen molar-refractivity contribution < 1.29 is 29.3 Å². The SMILES string of the molecule is CCOC(=O)C(O)=CC(=O)c1ccc(OCCO)cc1. The molecule has 6 nitrogen and oxygen atoms in total. The van der Waals surface area contributed by atoms with Crippen molar-refractivity contribution in [3.05, 3.63) is 41.7 Å². The van der Waals surface area contributed by atoms with Crippen LogP contribution in [0.2, 0.25) is 0 Å². The molecular formula is C14H16O6. The van der Waals surface area contributed by atoms with E-state index in [0.29, 0.717) is 5.75 Å². The van der Waals surface area contributed by atoms with Crippen molar-refractivity contribution in [1.29, 1.82) is 0 Å². The van der Waals surface area contributed by atoms with Gasteiger partial charge in [0.05, 0.1) is 13.2 Å². The molecule has 1 rings (SSSR count). The van der Waals surface area contributed by atoms with Crippen molar-refractivity contribution >= 4 is 11.8 Å². The average molecular weight is 280 g/mol. The zero-order valence-electron chi connectivity index (χ0n) is 11.0. The number of rotatable bonds is 7. The highest BCUT2D eigenvalue weighted by Crippen LogP contribution is 2.13. The first-order valence-corrected chi connectivity index (χ1v) is 6.04. The van der Waals surface area contributed by atoms with Gasteiger partial charge in [0, 0.05) is 11.6 Å². The van der Waals surface area contributed by atoms with Gasteiger partial charge in [0.2, 0.25) is 5.76 Å². The maximum atomic E-state index is 11.8. The van der Waals surface area contributed by atoms with E-state index < -0.39 is 17.5 Å². The summed E-state index contributed by atoms with van der Waals surface area (Å²) >= 11 is 0. The third-order valence-electron chi connectivity index (χ3n) is 2.25. The van der Waals surface area contributed by atoms with E-state index in [4.69, 9.17) is 9.84 Å². The van der Waals surface area contributed by atoms with Crippen LogP contribution in [-0.4, -0.2) is 41.8 Å². The van der Waals surface area contributed by atoms with Crippen LogP contribution in [0.4, 0.5) is 0 Å². The molecule has 0 spiro atoms. The van der Waals surface area contributed by atoms with Crippen molar-refractivity contribution in [2.24, 2.45) is 0 Å². The lowest BCUT2D eigenvalue weighted by atomic mass is 10.1. The molecule has 0 heterocycles. The molecule has 6 heteroatoms. The van der Waals surface area contributed by atoms with Gasteiger partial charge >= 0.3 is 5.97 Å². The summed E-state index contributed by atoms with van der Waals surface area (Å²) in [5.74, 6) is -1.69. The highest BCUT2D eigenvalue weighted by atomic mass is 16.5. The maximum Gasteiger partial charge on any atom is 0.373 e. The summed E-state index contributed by atoms with van der Waals surface area (Å²) in [7, 11) is 0. The zero-order chi connectivity index (χ0) is 15.0. The van der Waals surface area contributed by atoms with Crippen LogP contribution in [0.25, 0.3) is 0 Å². The highest BCUT2D eigenvalue weighted by molar-refractivity contribution is 6.07. The van der Waals surface area contributed by atoms with E-state index in [1.807, 2.05) is 0 Å². The molecule has 0 saturated heterocycles. The van der Waals surface area contributed by atoms with Crippen molar-refractivity contribution in [3.63, 3.8) is 0 Å². The quantitative estimate of drug-likeness (QED) is 0.338. The third-order valence-corrected chi connectivity index (χ3v) is 2.25. The van der Waals surface area contributed by atoms with E-state index in [1.165, 1.54) is 12.1 Å². The van der Waals surface area contributed by atoms with Crippen molar-refractivity contribution in [3.8, 4) is 5.75 Å². The minimum atomic E-state index is -0.941. The molecule has 108 valence electrons. The first kappa shape index (κ1) is 15.7. The van der Waals surface area contributed by atoms with Gasteiger partial charge in [-0.1, -0.05) is 0 Å². The Balaban J connectivity index is 2.72. The number of ketones is 1. The molecule has 0 aliphatic rings. The second kappa shape index (κ2) is 7.96. The van der Waals surface area contributed by atoms with E-state index in [0.717, 1.165) is 6.08 Å². The van der Waals surface area contributed by atoms with Gasteiger partial charge in [0.25, 0.3) is 0 Å². The number of ether oxygens (including phenoxy) is 2. The van der Waals surface area contributed by atoms with E-state index in [1.54, 1.807) is 19.1 Å². The Bertz CT molecular complexity index is 489. The number of carbonyl (C=O) groups excluding carboxylic acids is 2. The zero-order valence-corrected chi connectivity index (χ0v) is 11.0. The van der Waals surface area contributed by atoms with E-state index in [9.17, 15) is 14.7 Å². The fraction of sp³-hybridized carbons (Fsp3) is 0.286. The molecule has 2 N–H and O–H groups in total. The van der Waals surface area contributed by atoms with Crippen molar-refractivity contribution in [2.75, 3.05) is 19.8 Å². The van der Waals surface area contributed by atoms with Crippen molar-refractivity contribution in [2.45, 2.75) is 6.92 Å². The van der Waals surface area contributed by atoms with Crippen LogP contribution in [-0.2, 0) is 9.53 Å². The molecule has 0 fully saturated rings. The largest absolute Gasteiger partial charge is 0.502 e. The Labute approximate surface area is 116 Å². The highest BCUT2D eigenvalue weighted by Gasteiger charge is 2.12. The monoisotopic (exact) mass is 280 g/mol. The average Bonchev–Trinajstić information content (AvgIpc) is 2.45. The number of hydrogen-bond acceptors (Lipinski definition) is 6. The summed E-state index contributed by atoms with van der Waals surface area (Å²) < 4.78 is 9.69. The number of esters is 1. The Morgan fingerprint density at radius 1 is 1.25 bits per heavy atom. The summed E-state index contributed by atoms with van der Waals surface area (Å²) in [6.45, 7) is 1.77. The van der Waals surface area contributed by atoms with E-state index in [-0.39, 0.29) is 25.4 Å². The molecular weight excluding hydrogens is 264 g/mol. The number of hydrogen-bond donors (Lipinski definition) is 2.